The van der Waals surface area contributed by atoms with Crippen molar-refractivity contribution >= 4 is 10.0 Å². The van der Waals surface area contributed by atoms with E-state index in [1.54, 1.807) is 32.2 Å². The Balaban J connectivity index is 1.56. The van der Waals surface area contributed by atoms with Crippen LogP contribution in [-0.4, -0.2) is 28.7 Å². The summed E-state index contributed by atoms with van der Waals surface area (Å²) in [5.41, 5.74) is 3.38. The fourth-order valence-electron chi connectivity index (χ4n) is 3.11. The number of rotatable bonds is 7. The summed E-state index contributed by atoms with van der Waals surface area (Å²) >= 11 is 0. The third kappa shape index (κ3) is 4.14. The van der Waals surface area contributed by atoms with Gasteiger partial charge in [0.05, 0.1) is 12.0 Å². The molecule has 0 heterocycles. The van der Waals surface area contributed by atoms with Crippen LogP contribution in [0.2, 0.25) is 0 Å². The molecule has 2 aromatic carbocycles. The molecule has 0 saturated heterocycles. The van der Waals surface area contributed by atoms with Gasteiger partial charge in [-0.3, -0.25) is 0 Å². The van der Waals surface area contributed by atoms with Crippen molar-refractivity contribution in [2.75, 3.05) is 20.3 Å². The maximum Gasteiger partial charge on any atom is 0.240 e. The lowest BCUT2D eigenvalue weighted by Crippen LogP contribution is -2.28. The lowest BCUT2D eigenvalue weighted by molar-refractivity contribution is 0.322. The van der Waals surface area contributed by atoms with E-state index in [9.17, 15) is 8.42 Å². The van der Waals surface area contributed by atoms with Crippen molar-refractivity contribution < 1.29 is 17.9 Å². The fourth-order valence-corrected chi connectivity index (χ4v) is 4.35. The smallest absolute Gasteiger partial charge is 0.240 e. The molecule has 5 nitrogen and oxygen atoms in total. The van der Waals surface area contributed by atoms with Crippen molar-refractivity contribution in [3.63, 3.8) is 0 Å². The maximum absolute atomic E-state index is 12.4. The summed E-state index contributed by atoms with van der Waals surface area (Å²) in [4.78, 5) is 0.255. The van der Waals surface area contributed by atoms with Gasteiger partial charge in [-0.15, -0.1) is 0 Å². The van der Waals surface area contributed by atoms with Gasteiger partial charge in [0.2, 0.25) is 10.0 Å². The van der Waals surface area contributed by atoms with E-state index in [0.29, 0.717) is 11.3 Å². The molecular formula is C19H23NO4S. The van der Waals surface area contributed by atoms with Crippen molar-refractivity contribution in [2.45, 2.75) is 31.1 Å². The molecule has 0 radical (unpaired) electrons. The van der Waals surface area contributed by atoms with Crippen LogP contribution in [0.1, 0.15) is 23.1 Å². The van der Waals surface area contributed by atoms with Crippen LogP contribution in [-0.2, 0) is 22.9 Å². The Morgan fingerprint density at radius 3 is 2.56 bits per heavy atom. The number of benzene rings is 2. The topological polar surface area (TPSA) is 64.6 Å². The van der Waals surface area contributed by atoms with Crippen LogP contribution in [0.15, 0.2) is 41.3 Å². The summed E-state index contributed by atoms with van der Waals surface area (Å²) in [6, 6.07) is 11.0. The Labute approximate surface area is 149 Å². The van der Waals surface area contributed by atoms with Gasteiger partial charge in [0, 0.05) is 6.54 Å². The molecule has 0 amide bonds. The molecule has 1 N–H and O–H groups in total. The zero-order chi connectivity index (χ0) is 17.9. The van der Waals surface area contributed by atoms with Crippen LogP contribution in [0.3, 0.4) is 0 Å². The van der Waals surface area contributed by atoms with E-state index >= 15 is 0 Å². The Morgan fingerprint density at radius 1 is 1.04 bits per heavy atom. The van der Waals surface area contributed by atoms with Crippen LogP contribution in [0.5, 0.6) is 11.5 Å². The minimum Gasteiger partial charge on any atom is -0.497 e. The monoisotopic (exact) mass is 361 g/mol. The van der Waals surface area contributed by atoms with Crippen molar-refractivity contribution in [3.05, 3.63) is 53.1 Å². The highest BCUT2D eigenvalue weighted by molar-refractivity contribution is 7.89. The molecule has 0 fully saturated rings. The Hall–Kier alpha value is -2.05. The summed E-state index contributed by atoms with van der Waals surface area (Å²) in [6.45, 7) is 2.25. The van der Waals surface area contributed by atoms with Gasteiger partial charge < -0.3 is 9.47 Å². The number of fused-ring (bicyclic) bond motifs is 1. The summed E-state index contributed by atoms with van der Waals surface area (Å²) < 4.78 is 38.2. The van der Waals surface area contributed by atoms with E-state index in [2.05, 4.69) is 16.9 Å². The fraction of sp³-hybridized carbons (Fsp3) is 0.368. The second-order valence-electron chi connectivity index (χ2n) is 6.16. The Kier molecular flexibility index (Phi) is 5.30. The highest BCUT2D eigenvalue weighted by atomic mass is 32.2. The van der Waals surface area contributed by atoms with Crippen LogP contribution in [0.25, 0.3) is 0 Å². The largest absolute Gasteiger partial charge is 0.497 e. The molecule has 0 saturated carbocycles. The minimum absolute atomic E-state index is 0.213. The first-order valence-corrected chi connectivity index (χ1v) is 9.87. The average Bonchev–Trinajstić information content (AvgIpc) is 3.06. The van der Waals surface area contributed by atoms with Gasteiger partial charge in [-0.1, -0.05) is 6.07 Å². The van der Waals surface area contributed by atoms with Crippen LogP contribution >= 0.6 is 0 Å². The van der Waals surface area contributed by atoms with Crippen molar-refractivity contribution in [3.8, 4) is 11.5 Å². The van der Waals surface area contributed by atoms with E-state index in [4.69, 9.17) is 9.47 Å². The van der Waals surface area contributed by atoms with Crippen molar-refractivity contribution in [2.24, 2.45) is 0 Å². The predicted molar refractivity (Wildman–Crippen MR) is 96.9 cm³/mol. The molecule has 25 heavy (non-hydrogen) atoms. The maximum atomic E-state index is 12.4. The second-order valence-corrected chi connectivity index (χ2v) is 7.90. The first kappa shape index (κ1) is 17.8. The number of sulfonamides is 1. The quantitative estimate of drug-likeness (QED) is 0.770. The van der Waals surface area contributed by atoms with Gasteiger partial charge in [0.15, 0.2) is 0 Å². The van der Waals surface area contributed by atoms with Gasteiger partial charge in [0.1, 0.15) is 18.1 Å². The molecule has 0 aliphatic heterocycles. The van der Waals surface area contributed by atoms with Crippen molar-refractivity contribution in [1.82, 2.24) is 4.72 Å². The van der Waals surface area contributed by atoms with Crippen LogP contribution in [0.4, 0.5) is 0 Å². The highest BCUT2D eigenvalue weighted by Gasteiger charge is 2.17. The van der Waals surface area contributed by atoms with Gasteiger partial charge in [-0.2, -0.15) is 0 Å². The minimum atomic E-state index is -3.57. The van der Waals surface area contributed by atoms with Gasteiger partial charge in [0.25, 0.3) is 0 Å². The number of nitrogens with one attached hydrogen (secondary N) is 1. The van der Waals surface area contributed by atoms with E-state index < -0.39 is 10.0 Å². The van der Waals surface area contributed by atoms with Crippen LogP contribution in [0, 0.1) is 6.92 Å². The predicted octanol–water partition coefficient (Wildman–Crippen LogP) is 2.85. The number of aryl methyl sites for hydroxylation is 3. The van der Waals surface area contributed by atoms with Gasteiger partial charge >= 0.3 is 0 Å². The third-order valence-electron chi connectivity index (χ3n) is 4.40. The van der Waals surface area contributed by atoms with Crippen molar-refractivity contribution in [1.29, 1.82) is 0 Å². The molecule has 1 aliphatic carbocycles. The summed E-state index contributed by atoms with van der Waals surface area (Å²) in [5.74, 6) is 1.43. The molecule has 3 rings (SSSR count). The summed E-state index contributed by atoms with van der Waals surface area (Å²) in [6.07, 6.45) is 3.42. The lowest BCUT2D eigenvalue weighted by Gasteiger charge is -2.12. The summed E-state index contributed by atoms with van der Waals surface area (Å²) in [5, 5.41) is 0. The molecule has 0 aromatic heterocycles. The SMILES string of the molecule is COc1ccc(S(=O)(=O)NCCOc2ccc3c(c2)CCC3)c(C)c1. The van der Waals surface area contributed by atoms with E-state index in [-0.39, 0.29) is 18.0 Å². The molecular weight excluding hydrogens is 338 g/mol. The zero-order valence-corrected chi connectivity index (χ0v) is 15.4. The Bertz CT molecular complexity index is 862. The molecule has 0 spiro atoms. The second kappa shape index (κ2) is 7.45. The first-order valence-electron chi connectivity index (χ1n) is 8.38. The number of hydrogen-bond acceptors (Lipinski definition) is 4. The normalized spacial score (nSPS) is 13.5. The van der Waals surface area contributed by atoms with Gasteiger partial charge in [-0.05, 0) is 73.2 Å². The summed E-state index contributed by atoms with van der Waals surface area (Å²) in [7, 11) is -2.01. The molecule has 2 aromatic rings. The van der Waals surface area contributed by atoms with E-state index in [0.717, 1.165) is 18.6 Å². The van der Waals surface area contributed by atoms with E-state index in [1.165, 1.54) is 17.5 Å². The van der Waals surface area contributed by atoms with Crippen LogP contribution < -0.4 is 14.2 Å². The van der Waals surface area contributed by atoms with E-state index in [1.807, 2.05) is 6.07 Å². The number of ether oxygens (including phenoxy) is 2. The molecule has 6 heteroatoms. The molecule has 134 valence electrons. The Morgan fingerprint density at radius 2 is 1.80 bits per heavy atom. The number of methoxy groups -OCH3 is 1. The molecule has 0 unspecified atom stereocenters. The molecule has 0 atom stereocenters. The zero-order valence-electron chi connectivity index (χ0n) is 14.5. The average molecular weight is 361 g/mol. The van der Waals surface area contributed by atoms with Gasteiger partial charge in [-0.25, -0.2) is 13.1 Å². The third-order valence-corrected chi connectivity index (χ3v) is 6.03. The first-order chi connectivity index (χ1) is 12.0. The molecule has 1 aliphatic rings. The molecule has 0 bridgehead atoms. The highest BCUT2D eigenvalue weighted by Crippen LogP contribution is 2.26. The lowest BCUT2D eigenvalue weighted by atomic mass is 10.1. The number of hydrogen-bond donors (Lipinski definition) is 1. The standard InChI is InChI=1S/C19H23NO4S/c1-14-12-17(23-2)8-9-19(14)25(21,22)20-10-11-24-18-7-6-15-4-3-5-16(15)13-18/h6-9,12-13,20H,3-5,10-11H2,1-2H3.